The molecule has 1 heterocycles. The number of nitrogens with one attached hydrogen (secondary N) is 2. The second-order valence-electron chi connectivity index (χ2n) is 5.75. The molecule has 0 saturated heterocycles. The molecule has 1 aliphatic rings. The monoisotopic (exact) mass is 303 g/mol. The molecule has 0 spiro atoms. The van der Waals surface area contributed by atoms with E-state index >= 15 is 0 Å². The minimum absolute atomic E-state index is 0.114. The van der Waals surface area contributed by atoms with E-state index in [1.165, 1.54) is 0 Å². The van der Waals surface area contributed by atoms with Crippen LogP contribution >= 0.6 is 0 Å². The highest BCUT2D eigenvalue weighted by Gasteiger charge is 2.34. The van der Waals surface area contributed by atoms with Crippen LogP contribution in [-0.4, -0.2) is 16.0 Å². The van der Waals surface area contributed by atoms with E-state index in [9.17, 15) is 13.2 Å². The highest BCUT2D eigenvalue weighted by atomic mass is 19.4. The molecule has 0 radical (unpaired) electrons. The number of hydrogen-bond donors (Lipinski definition) is 3. The molecular weight excluding hydrogens is 283 g/mol. The number of hydrazine groups is 1. The number of nitrogens with two attached hydrogens (primary N) is 1. The van der Waals surface area contributed by atoms with Gasteiger partial charge in [0, 0.05) is 12.1 Å². The van der Waals surface area contributed by atoms with Crippen molar-refractivity contribution < 1.29 is 13.2 Å². The fraction of sp³-hybridized carbons (Fsp3) is 0.692. The van der Waals surface area contributed by atoms with Crippen LogP contribution < -0.4 is 16.6 Å². The van der Waals surface area contributed by atoms with Gasteiger partial charge in [0.2, 0.25) is 5.95 Å². The summed E-state index contributed by atoms with van der Waals surface area (Å²) in [5, 5.41) is 3.09. The van der Waals surface area contributed by atoms with E-state index < -0.39 is 11.9 Å². The lowest BCUT2D eigenvalue weighted by Crippen LogP contribution is -2.33. The third kappa shape index (κ3) is 3.96. The number of nitrogen functional groups attached to an aromatic ring is 1. The zero-order chi connectivity index (χ0) is 15.6. The maximum Gasteiger partial charge on any atom is 0.433 e. The van der Waals surface area contributed by atoms with Crippen LogP contribution in [0.2, 0.25) is 0 Å². The molecule has 8 heteroatoms. The number of anilines is 2. The Hall–Kier alpha value is -1.57. The Morgan fingerprint density at radius 1 is 1.24 bits per heavy atom. The van der Waals surface area contributed by atoms with Crippen LogP contribution in [0.1, 0.15) is 38.8 Å². The molecular formula is C13H20F3N5. The molecule has 5 nitrogen and oxygen atoms in total. The molecule has 1 aliphatic carbocycles. The molecule has 1 aromatic heterocycles. The summed E-state index contributed by atoms with van der Waals surface area (Å²) in [5.74, 6) is 6.07. The van der Waals surface area contributed by atoms with E-state index in [0.717, 1.165) is 25.3 Å². The molecule has 0 aromatic carbocycles. The van der Waals surface area contributed by atoms with Crippen molar-refractivity contribution in [3.05, 3.63) is 11.8 Å². The lowest BCUT2D eigenvalue weighted by atomic mass is 9.80. The molecule has 0 bridgehead atoms. The molecule has 1 aromatic rings. The maximum atomic E-state index is 12.8. The van der Waals surface area contributed by atoms with Gasteiger partial charge in [-0.05, 0) is 31.1 Å². The third-order valence-corrected chi connectivity index (χ3v) is 3.91. The molecule has 3 unspecified atom stereocenters. The van der Waals surface area contributed by atoms with Gasteiger partial charge in [-0.3, -0.25) is 5.43 Å². The second kappa shape index (κ2) is 6.05. The summed E-state index contributed by atoms with van der Waals surface area (Å²) in [4.78, 5) is 7.29. The zero-order valence-corrected chi connectivity index (χ0v) is 12.0. The van der Waals surface area contributed by atoms with Gasteiger partial charge < -0.3 is 5.32 Å². The molecule has 3 atom stereocenters. The predicted molar refractivity (Wildman–Crippen MR) is 74.4 cm³/mol. The van der Waals surface area contributed by atoms with Crippen LogP contribution in [-0.2, 0) is 6.18 Å². The van der Waals surface area contributed by atoms with Crippen LogP contribution in [0.5, 0.6) is 0 Å². The Balaban J connectivity index is 2.19. The summed E-state index contributed by atoms with van der Waals surface area (Å²) in [6.07, 6.45) is -1.51. The average Bonchev–Trinajstić information content (AvgIpc) is 2.40. The van der Waals surface area contributed by atoms with E-state index in [4.69, 9.17) is 5.84 Å². The van der Waals surface area contributed by atoms with Crippen LogP contribution in [0, 0.1) is 11.8 Å². The van der Waals surface area contributed by atoms with E-state index in [2.05, 4.69) is 34.6 Å². The Kier molecular flexibility index (Phi) is 4.55. The van der Waals surface area contributed by atoms with Gasteiger partial charge in [0.1, 0.15) is 5.82 Å². The van der Waals surface area contributed by atoms with Crippen molar-refractivity contribution in [2.75, 3.05) is 10.7 Å². The van der Waals surface area contributed by atoms with E-state index in [-0.39, 0.29) is 17.8 Å². The van der Waals surface area contributed by atoms with Gasteiger partial charge in [-0.2, -0.15) is 18.2 Å². The summed E-state index contributed by atoms with van der Waals surface area (Å²) in [6, 6.07) is 1.04. The van der Waals surface area contributed by atoms with E-state index in [1.54, 1.807) is 0 Å². The van der Waals surface area contributed by atoms with Crippen LogP contribution in [0.25, 0.3) is 0 Å². The highest BCUT2D eigenvalue weighted by molar-refractivity contribution is 5.43. The Morgan fingerprint density at radius 2 is 1.95 bits per heavy atom. The average molecular weight is 303 g/mol. The molecule has 2 rings (SSSR count). The SMILES string of the molecule is CC1CCC(Nc2cc(C(F)(F)F)nc(NN)n2)C(C)C1. The van der Waals surface area contributed by atoms with Crippen molar-refractivity contribution >= 4 is 11.8 Å². The summed E-state index contributed by atoms with van der Waals surface area (Å²) in [5.41, 5.74) is 1.06. The van der Waals surface area contributed by atoms with Crippen LogP contribution in [0.15, 0.2) is 6.07 Å². The Labute approximate surface area is 121 Å². The van der Waals surface area contributed by atoms with Crippen molar-refractivity contribution in [3.63, 3.8) is 0 Å². The van der Waals surface area contributed by atoms with Crippen LogP contribution in [0.4, 0.5) is 24.9 Å². The normalized spacial score (nSPS) is 26.5. The lowest BCUT2D eigenvalue weighted by Gasteiger charge is -2.33. The van der Waals surface area contributed by atoms with Gasteiger partial charge in [0.25, 0.3) is 0 Å². The lowest BCUT2D eigenvalue weighted by molar-refractivity contribution is -0.141. The van der Waals surface area contributed by atoms with E-state index in [1.807, 2.05) is 0 Å². The summed E-state index contributed by atoms with van der Waals surface area (Å²) < 4.78 is 38.4. The molecule has 4 N–H and O–H groups in total. The Morgan fingerprint density at radius 3 is 2.52 bits per heavy atom. The predicted octanol–water partition coefficient (Wildman–Crippen LogP) is 3.02. The number of nitrogens with zero attached hydrogens (tertiary/aromatic N) is 2. The molecule has 0 aliphatic heterocycles. The van der Waals surface area contributed by atoms with Gasteiger partial charge in [0.05, 0.1) is 0 Å². The number of halogens is 3. The van der Waals surface area contributed by atoms with Gasteiger partial charge in [-0.25, -0.2) is 10.8 Å². The fourth-order valence-electron chi connectivity index (χ4n) is 2.80. The van der Waals surface area contributed by atoms with Crippen molar-refractivity contribution in [3.8, 4) is 0 Å². The van der Waals surface area contributed by atoms with Crippen molar-refractivity contribution in [2.45, 2.75) is 45.3 Å². The standard InChI is InChI=1S/C13H20F3N5/c1-7-3-4-9(8(2)5-7)18-11-6-10(13(14,15)16)19-12(20-11)21-17/h6-9H,3-5,17H2,1-2H3,(H2,18,19,20,21). The van der Waals surface area contributed by atoms with E-state index in [0.29, 0.717) is 11.8 Å². The van der Waals surface area contributed by atoms with Gasteiger partial charge in [-0.1, -0.05) is 13.8 Å². The zero-order valence-electron chi connectivity index (χ0n) is 12.0. The Bertz CT molecular complexity index is 491. The molecule has 118 valence electrons. The summed E-state index contributed by atoms with van der Waals surface area (Å²) >= 11 is 0. The number of rotatable bonds is 3. The van der Waals surface area contributed by atoms with Gasteiger partial charge in [0.15, 0.2) is 5.69 Å². The van der Waals surface area contributed by atoms with Crippen molar-refractivity contribution in [2.24, 2.45) is 17.7 Å². The number of hydrogen-bond acceptors (Lipinski definition) is 5. The van der Waals surface area contributed by atoms with Gasteiger partial charge >= 0.3 is 6.18 Å². The van der Waals surface area contributed by atoms with Gasteiger partial charge in [-0.15, -0.1) is 0 Å². The number of aromatic nitrogens is 2. The summed E-state index contributed by atoms with van der Waals surface area (Å²) in [6.45, 7) is 4.29. The topological polar surface area (TPSA) is 75.9 Å². The molecule has 1 fully saturated rings. The third-order valence-electron chi connectivity index (χ3n) is 3.91. The fourth-order valence-corrected chi connectivity index (χ4v) is 2.80. The smallest absolute Gasteiger partial charge is 0.367 e. The minimum atomic E-state index is -4.53. The quantitative estimate of drug-likeness (QED) is 0.591. The summed E-state index contributed by atoms with van der Waals surface area (Å²) in [7, 11) is 0. The highest BCUT2D eigenvalue weighted by Crippen LogP contribution is 2.33. The first-order chi connectivity index (χ1) is 9.79. The first-order valence-corrected chi connectivity index (χ1v) is 6.99. The number of alkyl halides is 3. The first-order valence-electron chi connectivity index (χ1n) is 6.99. The first kappa shape index (κ1) is 15.8. The van der Waals surface area contributed by atoms with Crippen molar-refractivity contribution in [1.29, 1.82) is 0 Å². The molecule has 0 amide bonds. The molecule has 1 saturated carbocycles. The second-order valence-corrected chi connectivity index (χ2v) is 5.75. The van der Waals surface area contributed by atoms with Crippen LogP contribution in [0.3, 0.4) is 0 Å². The van der Waals surface area contributed by atoms with Crippen molar-refractivity contribution in [1.82, 2.24) is 9.97 Å². The largest absolute Gasteiger partial charge is 0.433 e. The minimum Gasteiger partial charge on any atom is -0.367 e. The maximum absolute atomic E-state index is 12.8. The molecule has 21 heavy (non-hydrogen) atoms.